The lowest BCUT2D eigenvalue weighted by Crippen LogP contribution is -2.41. The van der Waals surface area contributed by atoms with Crippen molar-refractivity contribution in [3.8, 4) is 6.01 Å². The van der Waals surface area contributed by atoms with Crippen LogP contribution in [0.1, 0.15) is 40.5 Å². The number of nitrogens with zero attached hydrogens (tertiary/aromatic N) is 4. The van der Waals surface area contributed by atoms with Gasteiger partial charge in [-0.3, -0.25) is 0 Å². The van der Waals surface area contributed by atoms with Gasteiger partial charge in [0, 0.05) is 20.1 Å². The lowest BCUT2D eigenvalue weighted by atomic mass is 9.84. The number of hydrogen-bond donors (Lipinski definition) is 1. The van der Waals surface area contributed by atoms with Gasteiger partial charge in [-0.2, -0.15) is 15.0 Å². The SMILES string of the molecule is CNc1nc(OC(C)C)nc(N2CCCC(C)(C)C2)n1. The second-order valence-corrected chi connectivity index (χ2v) is 6.35. The molecule has 0 atom stereocenters. The van der Waals surface area contributed by atoms with Crippen LogP contribution in [0.25, 0.3) is 0 Å². The molecule has 0 unspecified atom stereocenters. The van der Waals surface area contributed by atoms with E-state index in [4.69, 9.17) is 4.74 Å². The van der Waals surface area contributed by atoms with E-state index in [0.29, 0.717) is 23.3 Å². The van der Waals surface area contributed by atoms with Gasteiger partial charge in [0.05, 0.1) is 6.10 Å². The van der Waals surface area contributed by atoms with Gasteiger partial charge in [0.15, 0.2) is 0 Å². The molecule has 0 spiro atoms. The minimum atomic E-state index is 0.0488. The summed E-state index contributed by atoms with van der Waals surface area (Å²) in [6, 6.07) is 0.387. The Balaban J connectivity index is 2.25. The molecule has 6 nitrogen and oxygen atoms in total. The maximum Gasteiger partial charge on any atom is 0.323 e. The van der Waals surface area contributed by atoms with Crippen LogP contribution in [0.3, 0.4) is 0 Å². The van der Waals surface area contributed by atoms with Crippen LogP contribution in [-0.4, -0.2) is 41.2 Å². The van der Waals surface area contributed by atoms with Crippen molar-refractivity contribution < 1.29 is 4.74 Å². The Hall–Kier alpha value is -1.59. The molecule has 20 heavy (non-hydrogen) atoms. The Morgan fingerprint density at radius 3 is 2.60 bits per heavy atom. The summed E-state index contributed by atoms with van der Waals surface area (Å²) in [6.07, 6.45) is 2.45. The number of anilines is 2. The fourth-order valence-electron chi connectivity index (χ4n) is 2.46. The first-order valence-electron chi connectivity index (χ1n) is 7.25. The molecule has 1 aliphatic heterocycles. The van der Waals surface area contributed by atoms with Gasteiger partial charge in [-0.15, -0.1) is 0 Å². The highest BCUT2D eigenvalue weighted by Crippen LogP contribution is 2.30. The third kappa shape index (κ3) is 3.71. The Kier molecular flexibility index (Phi) is 4.30. The van der Waals surface area contributed by atoms with E-state index in [1.165, 1.54) is 6.42 Å². The number of nitrogens with one attached hydrogen (secondary N) is 1. The third-order valence-electron chi connectivity index (χ3n) is 3.35. The van der Waals surface area contributed by atoms with Crippen LogP contribution in [0.2, 0.25) is 0 Å². The minimum absolute atomic E-state index is 0.0488. The van der Waals surface area contributed by atoms with E-state index < -0.39 is 0 Å². The lowest BCUT2D eigenvalue weighted by molar-refractivity contribution is 0.221. The summed E-state index contributed by atoms with van der Waals surface area (Å²) < 4.78 is 5.61. The van der Waals surface area contributed by atoms with Gasteiger partial charge in [-0.05, 0) is 32.1 Å². The number of piperidine rings is 1. The maximum atomic E-state index is 5.61. The quantitative estimate of drug-likeness (QED) is 0.912. The Morgan fingerprint density at radius 2 is 2.00 bits per heavy atom. The van der Waals surface area contributed by atoms with Crippen molar-refractivity contribution in [3.05, 3.63) is 0 Å². The summed E-state index contributed by atoms with van der Waals surface area (Å²) in [5, 5.41) is 2.97. The van der Waals surface area contributed by atoms with Gasteiger partial charge in [0.1, 0.15) is 0 Å². The second kappa shape index (κ2) is 5.81. The van der Waals surface area contributed by atoms with Crippen LogP contribution < -0.4 is 15.0 Å². The van der Waals surface area contributed by atoms with E-state index >= 15 is 0 Å². The van der Waals surface area contributed by atoms with Crippen molar-refractivity contribution in [2.45, 2.75) is 46.6 Å². The summed E-state index contributed by atoms with van der Waals surface area (Å²) in [5.41, 5.74) is 0.295. The Morgan fingerprint density at radius 1 is 1.25 bits per heavy atom. The first-order valence-corrected chi connectivity index (χ1v) is 7.25. The van der Waals surface area contributed by atoms with E-state index in [1.54, 1.807) is 7.05 Å². The van der Waals surface area contributed by atoms with Gasteiger partial charge >= 0.3 is 6.01 Å². The van der Waals surface area contributed by atoms with E-state index in [-0.39, 0.29) is 6.10 Å². The molecule has 1 aliphatic rings. The van der Waals surface area contributed by atoms with Crippen molar-refractivity contribution in [2.75, 3.05) is 30.4 Å². The lowest BCUT2D eigenvalue weighted by Gasteiger charge is -2.38. The molecule has 1 fully saturated rings. The van der Waals surface area contributed by atoms with Crippen molar-refractivity contribution in [1.29, 1.82) is 0 Å². The normalized spacial score (nSPS) is 18.2. The molecule has 2 rings (SSSR count). The fraction of sp³-hybridized carbons (Fsp3) is 0.786. The largest absolute Gasteiger partial charge is 0.461 e. The smallest absolute Gasteiger partial charge is 0.323 e. The van der Waals surface area contributed by atoms with Gasteiger partial charge in [-0.25, -0.2) is 0 Å². The van der Waals surface area contributed by atoms with Gasteiger partial charge in [0.25, 0.3) is 0 Å². The highest BCUT2D eigenvalue weighted by molar-refractivity contribution is 5.38. The Labute approximate surface area is 121 Å². The van der Waals surface area contributed by atoms with Crippen molar-refractivity contribution >= 4 is 11.9 Å². The Bertz CT molecular complexity index is 461. The molecule has 0 radical (unpaired) electrons. The third-order valence-corrected chi connectivity index (χ3v) is 3.35. The molecular formula is C14H25N5O. The summed E-state index contributed by atoms with van der Waals surface area (Å²) in [6.45, 7) is 10.4. The molecule has 112 valence electrons. The molecule has 1 saturated heterocycles. The van der Waals surface area contributed by atoms with Crippen LogP contribution in [0.4, 0.5) is 11.9 Å². The van der Waals surface area contributed by atoms with E-state index in [9.17, 15) is 0 Å². The van der Waals surface area contributed by atoms with Crippen molar-refractivity contribution in [2.24, 2.45) is 5.41 Å². The van der Waals surface area contributed by atoms with Gasteiger partial charge in [-0.1, -0.05) is 13.8 Å². The van der Waals surface area contributed by atoms with Crippen LogP contribution >= 0.6 is 0 Å². The average Bonchev–Trinajstić information content (AvgIpc) is 2.36. The van der Waals surface area contributed by atoms with E-state index in [2.05, 4.69) is 39.0 Å². The molecule has 0 bridgehead atoms. The molecule has 6 heteroatoms. The predicted molar refractivity (Wildman–Crippen MR) is 80.4 cm³/mol. The van der Waals surface area contributed by atoms with E-state index in [0.717, 1.165) is 19.5 Å². The number of rotatable bonds is 4. The monoisotopic (exact) mass is 279 g/mol. The zero-order chi connectivity index (χ0) is 14.8. The summed E-state index contributed by atoms with van der Waals surface area (Å²) in [4.78, 5) is 15.4. The summed E-state index contributed by atoms with van der Waals surface area (Å²) in [7, 11) is 1.80. The average molecular weight is 279 g/mol. The first-order chi connectivity index (χ1) is 9.39. The van der Waals surface area contributed by atoms with Crippen LogP contribution in [-0.2, 0) is 0 Å². The van der Waals surface area contributed by atoms with Gasteiger partial charge < -0.3 is 15.0 Å². The van der Waals surface area contributed by atoms with Crippen LogP contribution in [0.5, 0.6) is 6.01 Å². The summed E-state index contributed by atoms with van der Waals surface area (Å²) >= 11 is 0. The molecule has 1 aromatic rings. The molecule has 1 N–H and O–H groups in total. The highest BCUT2D eigenvalue weighted by Gasteiger charge is 2.28. The minimum Gasteiger partial charge on any atom is -0.461 e. The first kappa shape index (κ1) is 14.8. The van der Waals surface area contributed by atoms with Crippen LogP contribution in [0, 0.1) is 5.41 Å². The maximum absolute atomic E-state index is 5.61. The van der Waals surface area contributed by atoms with Crippen molar-refractivity contribution in [1.82, 2.24) is 15.0 Å². The van der Waals surface area contributed by atoms with Crippen LogP contribution in [0.15, 0.2) is 0 Å². The molecule has 1 aromatic heterocycles. The molecule has 2 heterocycles. The fourth-order valence-corrected chi connectivity index (χ4v) is 2.46. The molecular weight excluding hydrogens is 254 g/mol. The molecule has 0 saturated carbocycles. The standard InChI is InChI=1S/C14H25N5O/c1-10(2)20-13-17-11(15-5)16-12(18-13)19-8-6-7-14(3,4)9-19/h10H,6-9H2,1-5H3,(H,15,16,17,18). The second-order valence-electron chi connectivity index (χ2n) is 6.35. The number of aromatic nitrogens is 3. The molecule has 0 aliphatic carbocycles. The number of ether oxygens (including phenoxy) is 1. The summed E-state index contributed by atoms with van der Waals surface area (Å²) in [5.74, 6) is 1.25. The highest BCUT2D eigenvalue weighted by atomic mass is 16.5. The predicted octanol–water partition coefficient (Wildman–Crippen LogP) is 2.33. The molecule has 0 aromatic carbocycles. The van der Waals surface area contributed by atoms with Crippen molar-refractivity contribution in [3.63, 3.8) is 0 Å². The topological polar surface area (TPSA) is 63.2 Å². The zero-order valence-electron chi connectivity index (χ0n) is 13.1. The van der Waals surface area contributed by atoms with Gasteiger partial charge in [0.2, 0.25) is 11.9 Å². The van der Waals surface area contributed by atoms with E-state index in [1.807, 2.05) is 13.8 Å². The zero-order valence-corrected chi connectivity index (χ0v) is 13.1. The number of hydrogen-bond acceptors (Lipinski definition) is 6. The molecule has 0 amide bonds.